The third-order valence-corrected chi connectivity index (χ3v) is 3.61. The predicted octanol–water partition coefficient (Wildman–Crippen LogP) is 2.84. The number of nitrogens with zero attached hydrogens (tertiary/aromatic N) is 1. The van der Waals surface area contributed by atoms with Crippen molar-refractivity contribution in [1.29, 1.82) is 0 Å². The van der Waals surface area contributed by atoms with Crippen LogP contribution in [0.15, 0.2) is 42.5 Å². The van der Waals surface area contributed by atoms with Gasteiger partial charge >= 0.3 is 0 Å². The van der Waals surface area contributed by atoms with Crippen LogP contribution in [0.2, 0.25) is 0 Å². The Hall–Kier alpha value is -2.00. The molecular formula is C17H20N2O. The third kappa shape index (κ3) is 2.94. The van der Waals surface area contributed by atoms with Crippen LogP contribution < -0.4 is 10.5 Å². The maximum absolute atomic E-state index is 5.82. The van der Waals surface area contributed by atoms with Crippen LogP contribution in [0.4, 0.5) is 5.69 Å². The van der Waals surface area contributed by atoms with Crippen LogP contribution in [0.1, 0.15) is 16.7 Å². The molecule has 1 aliphatic heterocycles. The van der Waals surface area contributed by atoms with Gasteiger partial charge in [0.25, 0.3) is 0 Å². The highest BCUT2D eigenvalue weighted by atomic mass is 16.5. The Morgan fingerprint density at radius 1 is 1.10 bits per heavy atom. The molecule has 0 unspecified atom stereocenters. The van der Waals surface area contributed by atoms with Crippen LogP contribution in [0.25, 0.3) is 0 Å². The molecule has 1 heterocycles. The Bertz CT molecular complexity index is 610. The summed E-state index contributed by atoms with van der Waals surface area (Å²) in [5.41, 5.74) is 10.6. The van der Waals surface area contributed by atoms with Crippen LogP contribution in [0.5, 0.6) is 5.75 Å². The molecule has 0 aromatic heterocycles. The number of hydrogen-bond acceptors (Lipinski definition) is 3. The lowest BCUT2D eigenvalue weighted by atomic mass is 10.1. The Morgan fingerprint density at radius 3 is 2.70 bits per heavy atom. The highest BCUT2D eigenvalue weighted by Crippen LogP contribution is 2.26. The number of hydrogen-bond donors (Lipinski definition) is 1. The number of rotatable bonds is 4. The van der Waals surface area contributed by atoms with Crippen molar-refractivity contribution in [1.82, 2.24) is 4.90 Å². The average molecular weight is 268 g/mol. The van der Waals surface area contributed by atoms with E-state index in [1.807, 2.05) is 18.2 Å². The largest absolute Gasteiger partial charge is 0.493 e. The molecule has 0 atom stereocenters. The summed E-state index contributed by atoms with van der Waals surface area (Å²) in [5, 5.41) is 0. The lowest BCUT2D eigenvalue weighted by Crippen LogP contribution is -2.17. The molecule has 3 nitrogen and oxygen atoms in total. The topological polar surface area (TPSA) is 38.5 Å². The van der Waals surface area contributed by atoms with Gasteiger partial charge in [0.05, 0.1) is 6.61 Å². The van der Waals surface area contributed by atoms with Gasteiger partial charge in [-0.3, -0.25) is 4.90 Å². The normalized spacial score (nSPS) is 13.3. The van der Waals surface area contributed by atoms with E-state index in [0.29, 0.717) is 0 Å². The van der Waals surface area contributed by atoms with Gasteiger partial charge in [-0.15, -0.1) is 0 Å². The minimum absolute atomic E-state index is 0.817. The Kier molecular flexibility index (Phi) is 3.61. The maximum atomic E-state index is 5.82. The first-order chi connectivity index (χ1) is 9.70. The predicted molar refractivity (Wildman–Crippen MR) is 81.7 cm³/mol. The highest BCUT2D eigenvalue weighted by Gasteiger charge is 2.12. The molecule has 0 bridgehead atoms. The lowest BCUT2D eigenvalue weighted by molar-refractivity contribution is 0.319. The molecule has 3 rings (SSSR count). The van der Waals surface area contributed by atoms with Gasteiger partial charge in [0.2, 0.25) is 0 Å². The molecule has 2 N–H and O–H groups in total. The number of fused-ring (bicyclic) bond motifs is 1. The summed E-state index contributed by atoms with van der Waals surface area (Å²) < 4.78 is 5.54. The van der Waals surface area contributed by atoms with E-state index in [2.05, 4.69) is 36.2 Å². The molecule has 0 fully saturated rings. The quantitative estimate of drug-likeness (QED) is 0.867. The van der Waals surface area contributed by atoms with Crippen molar-refractivity contribution in [3.8, 4) is 5.75 Å². The van der Waals surface area contributed by atoms with Crippen LogP contribution in [0, 0.1) is 0 Å². The van der Waals surface area contributed by atoms with Crippen molar-refractivity contribution in [3.63, 3.8) is 0 Å². The highest BCUT2D eigenvalue weighted by molar-refractivity contribution is 5.41. The van der Waals surface area contributed by atoms with E-state index in [9.17, 15) is 0 Å². The molecule has 0 saturated heterocycles. The van der Waals surface area contributed by atoms with Crippen molar-refractivity contribution in [2.75, 3.05) is 19.4 Å². The monoisotopic (exact) mass is 268 g/mol. The van der Waals surface area contributed by atoms with Crippen LogP contribution in [-0.2, 0) is 19.5 Å². The molecule has 104 valence electrons. The summed E-state index contributed by atoms with van der Waals surface area (Å²) in [6, 6.07) is 14.6. The summed E-state index contributed by atoms with van der Waals surface area (Å²) in [6.07, 6.45) is 1.03. The first kappa shape index (κ1) is 13.0. The van der Waals surface area contributed by atoms with Crippen LogP contribution in [0.3, 0.4) is 0 Å². The van der Waals surface area contributed by atoms with E-state index in [1.54, 1.807) is 0 Å². The minimum atomic E-state index is 0.817. The van der Waals surface area contributed by atoms with Gasteiger partial charge in [-0.05, 0) is 41.9 Å². The molecule has 0 saturated carbocycles. The fourth-order valence-corrected chi connectivity index (χ4v) is 2.71. The first-order valence-corrected chi connectivity index (χ1v) is 6.98. The van der Waals surface area contributed by atoms with E-state index in [1.165, 1.54) is 16.7 Å². The number of nitrogens with two attached hydrogens (primary N) is 1. The molecule has 2 aromatic carbocycles. The summed E-state index contributed by atoms with van der Waals surface area (Å²) in [4.78, 5) is 2.30. The number of nitrogen functional groups attached to an aromatic ring is 1. The standard InChI is InChI=1S/C17H20N2O/c1-19(11-13-3-2-4-16(18)10-13)12-14-5-6-17-15(9-14)7-8-20-17/h2-6,9-10H,7-8,11-12,18H2,1H3. The zero-order valence-electron chi connectivity index (χ0n) is 11.8. The molecular weight excluding hydrogens is 248 g/mol. The van der Waals surface area contributed by atoms with Crippen LogP contribution in [-0.4, -0.2) is 18.6 Å². The Morgan fingerprint density at radius 2 is 1.90 bits per heavy atom. The molecule has 0 radical (unpaired) electrons. The summed E-state index contributed by atoms with van der Waals surface area (Å²) in [5.74, 6) is 1.05. The lowest BCUT2D eigenvalue weighted by Gasteiger charge is -2.17. The number of benzene rings is 2. The van der Waals surface area contributed by atoms with Crippen molar-refractivity contribution < 1.29 is 4.74 Å². The van der Waals surface area contributed by atoms with E-state index in [4.69, 9.17) is 10.5 Å². The molecule has 3 heteroatoms. The van der Waals surface area contributed by atoms with Gasteiger partial charge in [0.15, 0.2) is 0 Å². The molecule has 20 heavy (non-hydrogen) atoms. The van der Waals surface area contributed by atoms with E-state index in [-0.39, 0.29) is 0 Å². The summed E-state index contributed by atoms with van der Waals surface area (Å²) >= 11 is 0. The van der Waals surface area contributed by atoms with Gasteiger partial charge in [-0.1, -0.05) is 24.3 Å². The molecule has 0 aliphatic carbocycles. The zero-order valence-corrected chi connectivity index (χ0v) is 11.8. The first-order valence-electron chi connectivity index (χ1n) is 6.98. The second-order valence-corrected chi connectivity index (χ2v) is 5.46. The number of ether oxygens (including phenoxy) is 1. The Labute approximate surface area is 120 Å². The third-order valence-electron chi connectivity index (χ3n) is 3.61. The van der Waals surface area contributed by atoms with E-state index >= 15 is 0 Å². The van der Waals surface area contributed by atoms with Crippen LogP contribution >= 0.6 is 0 Å². The van der Waals surface area contributed by atoms with Gasteiger partial charge in [0, 0.05) is 25.2 Å². The molecule has 0 amide bonds. The minimum Gasteiger partial charge on any atom is -0.493 e. The maximum Gasteiger partial charge on any atom is 0.122 e. The van der Waals surface area contributed by atoms with Crippen molar-refractivity contribution in [3.05, 3.63) is 59.2 Å². The second kappa shape index (κ2) is 5.55. The fraction of sp³-hybridized carbons (Fsp3) is 0.294. The number of anilines is 1. The second-order valence-electron chi connectivity index (χ2n) is 5.46. The zero-order chi connectivity index (χ0) is 13.9. The Balaban J connectivity index is 1.65. The SMILES string of the molecule is CN(Cc1cccc(N)c1)Cc1ccc2c(c1)CCO2. The van der Waals surface area contributed by atoms with Crippen molar-refractivity contribution in [2.24, 2.45) is 0 Å². The van der Waals surface area contributed by atoms with Gasteiger partial charge in [-0.25, -0.2) is 0 Å². The van der Waals surface area contributed by atoms with Crippen molar-refractivity contribution >= 4 is 5.69 Å². The van der Waals surface area contributed by atoms with Gasteiger partial charge in [-0.2, -0.15) is 0 Å². The average Bonchev–Trinajstić information content (AvgIpc) is 2.86. The van der Waals surface area contributed by atoms with Gasteiger partial charge < -0.3 is 10.5 Å². The molecule has 0 spiro atoms. The molecule has 1 aliphatic rings. The van der Waals surface area contributed by atoms with E-state index in [0.717, 1.165) is 37.6 Å². The van der Waals surface area contributed by atoms with Gasteiger partial charge in [0.1, 0.15) is 5.75 Å². The molecule has 2 aromatic rings. The smallest absolute Gasteiger partial charge is 0.122 e. The summed E-state index contributed by atoms with van der Waals surface area (Å²) in [6.45, 7) is 2.65. The summed E-state index contributed by atoms with van der Waals surface area (Å²) in [7, 11) is 2.13. The fourth-order valence-electron chi connectivity index (χ4n) is 2.71. The van der Waals surface area contributed by atoms with E-state index < -0.39 is 0 Å². The van der Waals surface area contributed by atoms with Crippen molar-refractivity contribution in [2.45, 2.75) is 19.5 Å².